The van der Waals surface area contributed by atoms with E-state index < -0.39 is 14.6 Å². The average Bonchev–Trinajstić information content (AvgIpc) is 3.01. The highest BCUT2D eigenvalue weighted by atomic mass is 35.5. The number of hydrogen-bond donors (Lipinski definition) is 0. The van der Waals surface area contributed by atoms with Crippen LogP contribution in [0.25, 0.3) is 0 Å². The molecule has 2 atom stereocenters. The van der Waals surface area contributed by atoms with Gasteiger partial charge in [-0.05, 0) is 39.3 Å². The van der Waals surface area contributed by atoms with Crippen molar-refractivity contribution in [3.05, 3.63) is 17.0 Å². The van der Waals surface area contributed by atoms with E-state index in [0.717, 1.165) is 0 Å². The molecule has 144 valence electrons. The van der Waals surface area contributed by atoms with Gasteiger partial charge >= 0.3 is 0 Å². The van der Waals surface area contributed by atoms with Crippen molar-refractivity contribution in [3.8, 4) is 0 Å². The number of thioether (sulfide) groups is 1. The van der Waals surface area contributed by atoms with E-state index in [0.29, 0.717) is 37.0 Å². The third-order valence-electron chi connectivity index (χ3n) is 4.64. The van der Waals surface area contributed by atoms with Gasteiger partial charge in [-0.25, -0.2) is 18.4 Å². The van der Waals surface area contributed by atoms with Crippen LogP contribution in [0.2, 0.25) is 5.28 Å². The highest BCUT2D eigenvalue weighted by Crippen LogP contribution is 2.37. The first-order valence-electron chi connectivity index (χ1n) is 8.47. The molecule has 0 spiro atoms. The molecule has 0 aliphatic carbocycles. The standard InChI is InChI=1S/C16H23ClN4O3S2/c1-10-9-25-15(18-10)26(22,23)16(3,4)12-7-13(20-14(17)19-12)21-5-6-24-8-11(21)2/h7,10-11H,5-6,8-9H2,1-4H3/t10?,11-/m0/s1. The van der Waals surface area contributed by atoms with Crippen molar-refractivity contribution < 1.29 is 13.2 Å². The van der Waals surface area contributed by atoms with Crippen LogP contribution in [-0.4, -0.2) is 60.4 Å². The Morgan fingerprint density at radius 1 is 1.35 bits per heavy atom. The Bertz CT molecular complexity index is 829. The average molecular weight is 419 g/mol. The highest BCUT2D eigenvalue weighted by molar-refractivity contribution is 8.35. The summed E-state index contributed by atoms with van der Waals surface area (Å²) >= 11 is 7.42. The van der Waals surface area contributed by atoms with Crippen molar-refractivity contribution in [1.82, 2.24) is 9.97 Å². The molecule has 1 aromatic heterocycles. The number of aliphatic imine (C=N–C) groups is 1. The van der Waals surface area contributed by atoms with Gasteiger partial charge in [-0.1, -0.05) is 11.8 Å². The van der Waals surface area contributed by atoms with Gasteiger partial charge in [0.15, 0.2) is 4.38 Å². The number of halogens is 1. The van der Waals surface area contributed by atoms with Crippen LogP contribution in [-0.2, 0) is 19.3 Å². The third-order valence-corrected chi connectivity index (χ3v) is 8.94. The van der Waals surface area contributed by atoms with Gasteiger partial charge in [-0.15, -0.1) is 0 Å². The molecule has 0 radical (unpaired) electrons. The predicted octanol–water partition coefficient (Wildman–Crippen LogP) is 2.50. The van der Waals surface area contributed by atoms with E-state index in [1.807, 2.05) is 13.8 Å². The van der Waals surface area contributed by atoms with Crippen LogP contribution in [0.4, 0.5) is 5.82 Å². The molecule has 3 heterocycles. The van der Waals surface area contributed by atoms with Crippen LogP contribution in [0.1, 0.15) is 33.4 Å². The number of rotatable bonds is 3. The van der Waals surface area contributed by atoms with E-state index in [-0.39, 0.29) is 21.7 Å². The third kappa shape index (κ3) is 3.58. The predicted molar refractivity (Wildman–Crippen MR) is 106 cm³/mol. The molecule has 0 amide bonds. The summed E-state index contributed by atoms with van der Waals surface area (Å²) in [5, 5.41) is 0.0360. The molecule has 0 N–H and O–H groups in total. The minimum atomic E-state index is -3.68. The van der Waals surface area contributed by atoms with Crippen molar-refractivity contribution in [2.45, 2.75) is 44.5 Å². The lowest BCUT2D eigenvalue weighted by Gasteiger charge is -2.35. The number of nitrogens with zero attached hydrogens (tertiary/aromatic N) is 4. The number of sulfone groups is 1. The summed E-state index contributed by atoms with van der Waals surface area (Å²) < 4.78 is 30.7. The monoisotopic (exact) mass is 418 g/mol. The molecule has 1 saturated heterocycles. The van der Waals surface area contributed by atoms with Gasteiger partial charge < -0.3 is 9.64 Å². The fourth-order valence-electron chi connectivity index (χ4n) is 2.88. The second kappa shape index (κ2) is 7.26. The Balaban J connectivity index is 2.01. The first-order valence-corrected chi connectivity index (χ1v) is 11.3. The van der Waals surface area contributed by atoms with Crippen LogP contribution in [0, 0.1) is 0 Å². The lowest BCUT2D eigenvalue weighted by molar-refractivity contribution is 0.0985. The van der Waals surface area contributed by atoms with Gasteiger partial charge in [0.05, 0.1) is 31.0 Å². The van der Waals surface area contributed by atoms with E-state index in [4.69, 9.17) is 16.3 Å². The highest BCUT2D eigenvalue weighted by Gasteiger charge is 2.44. The molecule has 1 aromatic rings. The van der Waals surface area contributed by atoms with Crippen LogP contribution in [0.3, 0.4) is 0 Å². The number of morpholine rings is 1. The Hall–Kier alpha value is -0.900. The van der Waals surface area contributed by atoms with E-state index in [9.17, 15) is 8.42 Å². The van der Waals surface area contributed by atoms with E-state index in [1.54, 1.807) is 19.9 Å². The van der Waals surface area contributed by atoms with Crippen molar-refractivity contribution in [1.29, 1.82) is 0 Å². The molecule has 2 aliphatic rings. The molecular formula is C16H23ClN4O3S2. The number of ether oxygens (including phenoxy) is 1. The number of aromatic nitrogens is 2. The maximum Gasteiger partial charge on any atom is 0.224 e. The van der Waals surface area contributed by atoms with Crippen molar-refractivity contribution >= 4 is 43.4 Å². The van der Waals surface area contributed by atoms with Crippen LogP contribution in [0.15, 0.2) is 11.1 Å². The molecule has 10 heteroatoms. The Kier molecular flexibility index (Phi) is 5.54. The summed E-state index contributed by atoms with van der Waals surface area (Å²) in [6, 6.07) is 1.84. The normalized spacial score (nSPS) is 24.7. The van der Waals surface area contributed by atoms with Gasteiger partial charge in [0.2, 0.25) is 15.1 Å². The van der Waals surface area contributed by atoms with Crippen LogP contribution in [0.5, 0.6) is 0 Å². The Morgan fingerprint density at radius 3 is 2.69 bits per heavy atom. The zero-order chi connectivity index (χ0) is 19.1. The minimum Gasteiger partial charge on any atom is -0.377 e. The Morgan fingerprint density at radius 2 is 2.08 bits per heavy atom. The molecule has 0 bridgehead atoms. The second-order valence-electron chi connectivity index (χ2n) is 7.07. The maximum atomic E-state index is 13.2. The number of anilines is 1. The fourth-order valence-corrected chi connectivity index (χ4v) is 6.35. The molecule has 26 heavy (non-hydrogen) atoms. The molecule has 1 fully saturated rings. The fraction of sp³-hybridized carbons (Fsp3) is 0.688. The van der Waals surface area contributed by atoms with Gasteiger partial charge in [-0.3, -0.25) is 4.99 Å². The smallest absolute Gasteiger partial charge is 0.224 e. The first-order chi connectivity index (χ1) is 12.1. The molecule has 0 aromatic carbocycles. The van der Waals surface area contributed by atoms with E-state index >= 15 is 0 Å². The minimum absolute atomic E-state index is 0.000627. The lowest BCUT2D eigenvalue weighted by atomic mass is 10.1. The molecular weight excluding hydrogens is 396 g/mol. The Labute approximate surface area is 163 Å². The summed E-state index contributed by atoms with van der Waals surface area (Å²) in [5.74, 6) is 1.29. The lowest BCUT2D eigenvalue weighted by Crippen LogP contribution is -2.44. The molecule has 3 rings (SSSR count). The zero-order valence-electron chi connectivity index (χ0n) is 15.3. The van der Waals surface area contributed by atoms with Crippen LogP contribution >= 0.6 is 23.4 Å². The van der Waals surface area contributed by atoms with Crippen molar-refractivity contribution in [3.63, 3.8) is 0 Å². The van der Waals surface area contributed by atoms with Crippen molar-refractivity contribution in [2.75, 3.05) is 30.4 Å². The zero-order valence-corrected chi connectivity index (χ0v) is 17.7. The van der Waals surface area contributed by atoms with E-state index in [2.05, 4.69) is 19.9 Å². The van der Waals surface area contributed by atoms with Gasteiger partial charge in [0.25, 0.3) is 0 Å². The summed E-state index contributed by atoms with van der Waals surface area (Å²) in [4.78, 5) is 14.9. The van der Waals surface area contributed by atoms with Gasteiger partial charge in [-0.2, -0.15) is 0 Å². The van der Waals surface area contributed by atoms with Gasteiger partial charge in [0.1, 0.15) is 10.6 Å². The van der Waals surface area contributed by atoms with Gasteiger partial charge in [0, 0.05) is 18.4 Å². The molecule has 1 unspecified atom stereocenters. The summed E-state index contributed by atoms with van der Waals surface area (Å²) in [5.41, 5.74) is 0.369. The quantitative estimate of drug-likeness (QED) is 0.697. The van der Waals surface area contributed by atoms with Crippen LogP contribution < -0.4 is 4.90 Å². The molecule has 2 aliphatic heterocycles. The maximum absolute atomic E-state index is 13.2. The summed E-state index contributed by atoms with van der Waals surface area (Å²) in [7, 11) is -3.68. The SMILES string of the molecule is CC1CSC(S(=O)(=O)C(C)(C)c2cc(N3CCOC[C@@H]3C)nc(Cl)n2)=N1. The number of hydrogen-bond acceptors (Lipinski definition) is 8. The van der Waals surface area contributed by atoms with Crippen molar-refractivity contribution in [2.24, 2.45) is 4.99 Å². The summed E-state index contributed by atoms with van der Waals surface area (Å²) in [6.45, 7) is 9.06. The first kappa shape index (κ1) is 19.9. The topological polar surface area (TPSA) is 84.8 Å². The van der Waals surface area contributed by atoms with E-state index in [1.165, 1.54) is 11.8 Å². The largest absolute Gasteiger partial charge is 0.377 e. The summed E-state index contributed by atoms with van der Waals surface area (Å²) in [6.07, 6.45) is 0. The second-order valence-corrected chi connectivity index (χ2v) is 11.1. The molecule has 0 saturated carbocycles. The molecule has 7 nitrogen and oxygen atoms in total.